The van der Waals surface area contributed by atoms with Crippen molar-refractivity contribution in [1.82, 2.24) is 0 Å². The predicted molar refractivity (Wildman–Crippen MR) is 74.1 cm³/mol. The molecule has 1 atom stereocenters. The first kappa shape index (κ1) is 14.5. The first-order chi connectivity index (χ1) is 8.04. The average Bonchev–Trinajstić information content (AvgIpc) is 2.28. The molecule has 1 aromatic rings. The normalized spacial score (nSPS) is 12.2. The van der Waals surface area contributed by atoms with Crippen LogP contribution in [0.2, 0.25) is 0 Å². The van der Waals surface area contributed by atoms with Crippen LogP contribution in [0.3, 0.4) is 0 Å². The van der Waals surface area contributed by atoms with E-state index in [0.717, 1.165) is 14.9 Å². The molecule has 0 aliphatic heterocycles. The maximum absolute atomic E-state index is 11.0. The standard InChI is InChI=1S/C12H16BrNO2S/c1-8(14)10-4-3-9(13)7-11(10)17-6-5-12(15)16-2/h3-4,7-8H,5-6,14H2,1-2H3. The molecular formula is C12H16BrNO2S. The van der Waals surface area contributed by atoms with Gasteiger partial charge in [-0.05, 0) is 24.6 Å². The van der Waals surface area contributed by atoms with Crippen molar-refractivity contribution in [2.45, 2.75) is 24.3 Å². The highest BCUT2D eigenvalue weighted by molar-refractivity contribution is 9.10. The van der Waals surface area contributed by atoms with Crippen molar-refractivity contribution in [2.75, 3.05) is 12.9 Å². The van der Waals surface area contributed by atoms with Gasteiger partial charge in [0, 0.05) is 21.2 Å². The second-order valence-corrected chi connectivity index (χ2v) is 5.70. The maximum Gasteiger partial charge on any atom is 0.306 e. The van der Waals surface area contributed by atoms with E-state index >= 15 is 0 Å². The maximum atomic E-state index is 11.0. The van der Waals surface area contributed by atoms with Crippen LogP contribution in [0.1, 0.15) is 24.9 Å². The summed E-state index contributed by atoms with van der Waals surface area (Å²) in [5, 5.41) is 0. The number of esters is 1. The Kier molecular flexibility index (Phi) is 6.02. The minimum atomic E-state index is -0.185. The molecule has 5 heteroatoms. The van der Waals surface area contributed by atoms with E-state index in [2.05, 4.69) is 20.7 Å². The number of methoxy groups -OCH3 is 1. The van der Waals surface area contributed by atoms with Gasteiger partial charge in [0.2, 0.25) is 0 Å². The van der Waals surface area contributed by atoms with Gasteiger partial charge in [-0.2, -0.15) is 0 Å². The number of hydrogen-bond donors (Lipinski definition) is 1. The number of benzene rings is 1. The van der Waals surface area contributed by atoms with Gasteiger partial charge < -0.3 is 10.5 Å². The fraction of sp³-hybridized carbons (Fsp3) is 0.417. The Labute approximate surface area is 114 Å². The van der Waals surface area contributed by atoms with E-state index in [1.165, 1.54) is 7.11 Å². The highest BCUT2D eigenvalue weighted by atomic mass is 79.9. The van der Waals surface area contributed by atoms with Gasteiger partial charge in [0.15, 0.2) is 0 Å². The van der Waals surface area contributed by atoms with Crippen molar-refractivity contribution < 1.29 is 9.53 Å². The zero-order valence-corrected chi connectivity index (χ0v) is 12.3. The lowest BCUT2D eigenvalue weighted by atomic mass is 10.1. The zero-order valence-electron chi connectivity index (χ0n) is 9.90. The topological polar surface area (TPSA) is 52.3 Å². The number of carbonyl (C=O) groups excluding carboxylic acids is 1. The molecule has 94 valence electrons. The molecule has 0 radical (unpaired) electrons. The third-order valence-electron chi connectivity index (χ3n) is 2.26. The van der Waals surface area contributed by atoms with Gasteiger partial charge in [-0.3, -0.25) is 4.79 Å². The molecule has 0 aliphatic rings. The number of ether oxygens (including phenoxy) is 1. The molecule has 0 fully saturated rings. The predicted octanol–water partition coefficient (Wildman–Crippen LogP) is 3.12. The van der Waals surface area contributed by atoms with Gasteiger partial charge in [0.25, 0.3) is 0 Å². The molecule has 17 heavy (non-hydrogen) atoms. The van der Waals surface area contributed by atoms with Crippen LogP contribution in [0, 0.1) is 0 Å². The molecule has 0 amide bonds. The van der Waals surface area contributed by atoms with Crippen LogP contribution >= 0.6 is 27.7 Å². The van der Waals surface area contributed by atoms with E-state index in [9.17, 15) is 4.79 Å². The number of hydrogen-bond acceptors (Lipinski definition) is 4. The molecule has 1 rings (SSSR count). The Hall–Kier alpha value is -0.520. The van der Waals surface area contributed by atoms with Gasteiger partial charge in [-0.25, -0.2) is 0 Å². The second kappa shape index (κ2) is 7.03. The van der Waals surface area contributed by atoms with Crippen LogP contribution in [-0.2, 0) is 9.53 Å². The van der Waals surface area contributed by atoms with E-state index in [-0.39, 0.29) is 12.0 Å². The molecule has 0 bridgehead atoms. The van der Waals surface area contributed by atoms with Crippen molar-refractivity contribution in [2.24, 2.45) is 5.73 Å². The SMILES string of the molecule is COC(=O)CCSc1cc(Br)ccc1C(C)N. The van der Waals surface area contributed by atoms with E-state index in [0.29, 0.717) is 12.2 Å². The van der Waals surface area contributed by atoms with Crippen LogP contribution in [0.5, 0.6) is 0 Å². The first-order valence-electron chi connectivity index (χ1n) is 5.29. The summed E-state index contributed by atoms with van der Waals surface area (Å²) in [5.74, 6) is 0.512. The Bertz CT molecular complexity index is 396. The Balaban J connectivity index is 2.68. The second-order valence-electron chi connectivity index (χ2n) is 3.65. The molecule has 0 saturated carbocycles. The summed E-state index contributed by atoms with van der Waals surface area (Å²) in [6.45, 7) is 1.95. The summed E-state index contributed by atoms with van der Waals surface area (Å²) >= 11 is 5.06. The highest BCUT2D eigenvalue weighted by Crippen LogP contribution is 2.30. The number of carbonyl (C=O) groups is 1. The number of halogens is 1. The van der Waals surface area contributed by atoms with Crippen molar-refractivity contribution in [3.8, 4) is 0 Å². The molecular weight excluding hydrogens is 302 g/mol. The lowest BCUT2D eigenvalue weighted by molar-refractivity contribution is -0.140. The summed E-state index contributed by atoms with van der Waals surface area (Å²) < 4.78 is 5.62. The quantitative estimate of drug-likeness (QED) is 0.669. The first-order valence-corrected chi connectivity index (χ1v) is 7.07. The minimum Gasteiger partial charge on any atom is -0.469 e. The smallest absolute Gasteiger partial charge is 0.306 e. The number of rotatable bonds is 5. The molecule has 3 nitrogen and oxygen atoms in total. The van der Waals surface area contributed by atoms with E-state index in [4.69, 9.17) is 5.73 Å². The van der Waals surface area contributed by atoms with Crippen LogP contribution < -0.4 is 5.73 Å². The summed E-state index contributed by atoms with van der Waals surface area (Å²) in [5.41, 5.74) is 7.00. The lowest BCUT2D eigenvalue weighted by Gasteiger charge is -2.12. The van der Waals surface area contributed by atoms with Crippen molar-refractivity contribution in [1.29, 1.82) is 0 Å². The summed E-state index contributed by atoms with van der Waals surface area (Å²) in [7, 11) is 1.40. The van der Waals surface area contributed by atoms with Crippen molar-refractivity contribution in [3.63, 3.8) is 0 Å². The molecule has 0 heterocycles. The van der Waals surface area contributed by atoms with Crippen LogP contribution in [0.25, 0.3) is 0 Å². The van der Waals surface area contributed by atoms with Crippen LogP contribution in [0.4, 0.5) is 0 Å². The molecule has 1 unspecified atom stereocenters. The van der Waals surface area contributed by atoms with Crippen molar-refractivity contribution >= 4 is 33.7 Å². The molecule has 0 saturated heterocycles. The van der Waals surface area contributed by atoms with Gasteiger partial charge in [-0.1, -0.05) is 22.0 Å². The van der Waals surface area contributed by atoms with Gasteiger partial charge >= 0.3 is 5.97 Å². The van der Waals surface area contributed by atoms with Gasteiger partial charge in [-0.15, -0.1) is 11.8 Å². The van der Waals surface area contributed by atoms with Gasteiger partial charge in [0.1, 0.15) is 0 Å². The summed E-state index contributed by atoms with van der Waals surface area (Å²) in [4.78, 5) is 12.1. The van der Waals surface area contributed by atoms with Gasteiger partial charge in [0.05, 0.1) is 13.5 Å². The van der Waals surface area contributed by atoms with Crippen LogP contribution in [-0.4, -0.2) is 18.8 Å². The number of thioether (sulfide) groups is 1. The molecule has 2 N–H and O–H groups in total. The van der Waals surface area contributed by atoms with E-state index in [1.807, 2.05) is 25.1 Å². The largest absolute Gasteiger partial charge is 0.469 e. The van der Waals surface area contributed by atoms with Crippen molar-refractivity contribution in [3.05, 3.63) is 28.2 Å². The Morgan fingerprint density at radius 3 is 2.88 bits per heavy atom. The lowest BCUT2D eigenvalue weighted by Crippen LogP contribution is -2.07. The Morgan fingerprint density at radius 2 is 2.29 bits per heavy atom. The van der Waals surface area contributed by atoms with Crippen LogP contribution in [0.15, 0.2) is 27.6 Å². The molecule has 0 aromatic heterocycles. The average molecular weight is 318 g/mol. The monoisotopic (exact) mass is 317 g/mol. The molecule has 0 aliphatic carbocycles. The molecule has 1 aromatic carbocycles. The van der Waals surface area contributed by atoms with E-state index < -0.39 is 0 Å². The van der Waals surface area contributed by atoms with E-state index in [1.54, 1.807) is 11.8 Å². The molecule has 0 spiro atoms. The third-order valence-corrected chi connectivity index (χ3v) is 3.82. The summed E-state index contributed by atoms with van der Waals surface area (Å²) in [6, 6.07) is 6.00. The third kappa shape index (κ3) is 4.69. The highest BCUT2D eigenvalue weighted by Gasteiger charge is 2.09. The summed E-state index contributed by atoms with van der Waals surface area (Å²) in [6.07, 6.45) is 0.409. The number of nitrogens with two attached hydrogens (primary N) is 1. The Morgan fingerprint density at radius 1 is 1.59 bits per heavy atom. The minimum absolute atomic E-state index is 0.0104. The zero-order chi connectivity index (χ0) is 12.8. The fourth-order valence-electron chi connectivity index (χ4n) is 1.36. The fourth-order valence-corrected chi connectivity index (χ4v) is 2.99.